The molecule has 0 bridgehead atoms. The van der Waals surface area contributed by atoms with Crippen molar-refractivity contribution < 1.29 is 0 Å². The zero-order valence-corrected chi connectivity index (χ0v) is 10.6. The molecule has 1 aromatic carbocycles. The number of nitrogens with one attached hydrogen (secondary N) is 1. The highest BCUT2D eigenvalue weighted by atomic mass is 35.5. The van der Waals surface area contributed by atoms with Gasteiger partial charge in [0.2, 0.25) is 0 Å². The van der Waals surface area contributed by atoms with E-state index in [4.69, 9.17) is 11.6 Å². The van der Waals surface area contributed by atoms with Crippen LogP contribution >= 0.6 is 22.9 Å². The van der Waals surface area contributed by atoms with Gasteiger partial charge in [0.15, 0.2) is 0 Å². The van der Waals surface area contributed by atoms with Crippen LogP contribution in [0.15, 0.2) is 29.8 Å². The monoisotopic (exact) mass is 252 g/mol. The van der Waals surface area contributed by atoms with Crippen LogP contribution < -0.4 is 5.32 Å². The van der Waals surface area contributed by atoms with Gasteiger partial charge >= 0.3 is 0 Å². The molecule has 0 unspecified atom stereocenters. The lowest BCUT2D eigenvalue weighted by atomic mass is 10.1. The molecule has 84 valence electrons. The highest BCUT2D eigenvalue weighted by Crippen LogP contribution is 2.16. The third-order valence-electron chi connectivity index (χ3n) is 2.33. The number of aryl methyl sites for hydroxylation is 1. The standard InChI is InChI=1S/C12H13ClN2S/c1-9-2-3-10(6-11(9)13)7-14-8-12-15-4-5-16-12/h2-6,14H,7-8H2,1H3. The van der Waals surface area contributed by atoms with Crippen LogP contribution in [0.3, 0.4) is 0 Å². The molecular weight excluding hydrogens is 240 g/mol. The van der Waals surface area contributed by atoms with Gasteiger partial charge in [-0.15, -0.1) is 11.3 Å². The van der Waals surface area contributed by atoms with Gasteiger partial charge in [-0.3, -0.25) is 0 Å². The summed E-state index contributed by atoms with van der Waals surface area (Å²) in [6.07, 6.45) is 1.82. The second kappa shape index (κ2) is 5.43. The molecule has 0 spiro atoms. The number of halogens is 1. The molecule has 2 rings (SSSR count). The van der Waals surface area contributed by atoms with Gasteiger partial charge in [0, 0.05) is 29.7 Å². The SMILES string of the molecule is Cc1ccc(CNCc2nccs2)cc1Cl. The maximum absolute atomic E-state index is 6.05. The number of nitrogens with zero attached hydrogens (tertiary/aromatic N) is 1. The summed E-state index contributed by atoms with van der Waals surface area (Å²) >= 11 is 7.72. The summed E-state index contributed by atoms with van der Waals surface area (Å²) in [4.78, 5) is 4.21. The molecule has 1 aromatic heterocycles. The van der Waals surface area contributed by atoms with E-state index in [1.807, 2.05) is 30.6 Å². The van der Waals surface area contributed by atoms with Crippen molar-refractivity contribution in [1.29, 1.82) is 0 Å². The number of thiazole rings is 1. The van der Waals surface area contributed by atoms with Crippen molar-refractivity contribution in [2.24, 2.45) is 0 Å². The van der Waals surface area contributed by atoms with E-state index in [1.54, 1.807) is 11.3 Å². The van der Waals surface area contributed by atoms with Crippen LogP contribution in [-0.4, -0.2) is 4.98 Å². The van der Waals surface area contributed by atoms with Crippen molar-refractivity contribution in [2.45, 2.75) is 20.0 Å². The van der Waals surface area contributed by atoms with Crippen LogP contribution in [-0.2, 0) is 13.1 Å². The summed E-state index contributed by atoms with van der Waals surface area (Å²) in [5.74, 6) is 0. The molecule has 1 heterocycles. The van der Waals surface area contributed by atoms with Gasteiger partial charge in [-0.2, -0.15) is 0 Å². The molecule has 2 aromatic rings. The Kier molecular flexibility index (Phi) is 3.93. The number of hydrogen-bond donors (Lipinski definition) is 1. The summed E-state index contributed by atoms with van der Waals surface area (Å²) in [6.45, 7) is 3.64. The zero-order valence-electron chi connectivity index (χ0n) is 9.03. The fourth-order valence-corrected chi connectivity index (χ4v) is 2.19. The molecule has 1 N–H and O–H groups in total. The molecule has 0 aliphatic carbocycles. The first-order valence-corrected chi connectivity index (χ1v) is 6.35. The molecule has 0 saturated carbocycles. The van der Waals surface area contributed by atoms with E-state index in [0.29, 0.717) is 0 Å². The van der Waals surface area contributed by atoms with E-state index in [1.165, 1.54) is 5.56 Å². The average Bonchev–Trinajstić information content (AvgIpc) is 2.76. The average molecular weight is 253 g/mol. The zero-order chi connectivity index (χ0) is 11.4. The van der Waals surface area contributed by atoms with Crippen LogP contribution in [0.2, 0.25) is 5.02 Å². The number of benzene rings is 1. The minimum absolute atomic E-state index is 0.809. The van der Waals surface area contributed by atoms with E-state index in [-0.39, 0.29) is 0 Å². The van der Waals surface area contributed by atoms with Crippen LogP contribution in [0, 0.1) is 6.92 Å². The lowest BCUT2D eigenvalue weighted by molar-refractivity contribution is 0.690. The quantitative estimate of drug-likeness (QED) is 0.902. The summed E-state index contributed by atoms with van der Waals surface area (Å²) < 4.78 is 0. The smallest absolute Gasteiger partial charge is 0.106 e. The van der Waals surface area contributed by atoms with Crippen LogP contribution in [0.4, 0.5) is 0 Å². The van der Waals surface area contributed by atoms with Crippen LogP contribution in [0.5, 0.6) is 0 Å². The van der Waals surface area contributed by atoms with Gasteiger partial charge in [-0.1, -0.05) is 23.7 Å². The van der Waals surface area contributed by atoms with Crippen molar-refractivity contribution >= 4 is 22.9 Å². The Labute approximate surface area is 104 Å². The summed E-state index contributed by atoms with van der Waals surface area (Å²) in [7, 11) is 0. The Morgan fingerprint density at radius 1 is 1.38 bits per heavy atom. The predicted octanol–water partition coefficient (Wildman–Crippen LogP) is 3.39. The minimum atomic E-state index is 0.809. The molecule has 0 aliphatic heterocycles. The van der Waals surface area contributed by atoms with E-state index in [9.17, 15) is 0 Å². The topological polar surface area (TPSA) is 24.9 Å². The molecular formula is C12H13ClN2S. The highest BCUT2D eigenvalue weighted by Gasteiger charge is 1.99. The molecule has 0 fully saturated rings. The maximum atomic E-state index is 6.05. The molecule has 0 saturated heterocycles. The molecule has 2 nitrogen and oxygen atoms in total. The van der Waals surface area contributed by atoms with Crippen molar-refractivity contribution in [3.05, 3.63) is 50.9 Å². The molecule has 0 aliphatic rings. The van der Waals surface area contributed by atoms with Gasteiger partial charge in [0.25, 0.3) is 0 Å². The van der Waals surface area contributed by atoms with Crippen molar-refractivity contribution in [3.8, 4) is 0 Å². The van der Waals surface area contributed by atoms with Crippen LogP contribution in [0.25, 0.3) is 0 Å². The number of aromatic nitrogens is 1. The molecule has 0 atom stereocenters. The highest BCUT2D eigenvalue weighted by molar-refractivity contribution is 7.09. The predicted molar refractivity (Wildman–Crippen MR) is 68.8 cm³/mol. The second-order valence-electron chi connectivity index (χ2n) is 3.61. The first kappa shape index (κ1) is 11.6. The van der Waals surface area contributed by atoms with Crippen molar-refractivity contribution in [1.82, 2.24) is 10.3 Å². The van der Waals surface area contributed by atoms with Crippen molar-refractivity contribution in [3.63, 3.8) is 0 Å². The van der Waals surface area contributed by atoms with Gasteiger partial charge in [-0.25, -0.2) is 4.98 Å². The summed E-state index contributed by atoms with van der Waals surface area (Å²) in [5, 5.41) is 7.26. The lowest BCUT2D eigenvalue weighted by Crippen LogP contribution is -2.12. The third-order valence-corrected chi connectivity index (χ3v) is 3.51. The van der Waals surface area contributed by atoms with E-state index >= 15 is 0 Å². The largest absolute Gasteiger partial charge is 0.306 e. The number of rotatable bonds is 4. The fraction of sp³-hybridized carbons (Fsp3) is 0.250. The maximum Gasteiger partial charge on any atom is 0.106 e. The molecule has 16 heavy (non-hydrogen) atoms. The fourth-order valence-electron chi connectivity index (χ4n) is 1.40. The Hall–Kier alpha value is -0.900. The third kappa shape index (κ3) is 3.04. The van der Waals surface area contributed by atoms with Gasteiger partial charge in [0.05, 0.1) is 0 Å². The molecule has 4 heteroatoms. The van der Waals surface area contributed by atoms with Crippen molar-refractivity contribution in [2.75, 3.05) is 0 Å². The Morgan fingerprint density at radius 3 is 2.94 bits per heavy atom. The first-order chi connectivity index (χ1) is 7.75. The lowest BCUT2D eigenvalue weighted by Gasteiger charge is -2.05. The Morgan fingerprint density at radius 2 is 2.25 bits per heavy atom. The van der Waals surface area contributed by atoms with E-state index in [0.717, 1.165) is 28.7 Å². The Bertz CT molecular complexity index is 454. The summed E-state index contributed by atoms with van der Waals surface area (Å²) in [5.41, 5.74) is 2.32. The van der Waals surface area contributed by atoms with Gasteiger partial charge < -0.3 is 5.32 Å². The minimum Gasteiger partial charge on any atom is -0.306 e. The summed E-state index contributed by atoms with van der Waals surface area (Å²) in [6, 6.07) is 6.14. The van der Waals surface area contributed by atoms with E-state index in [2.05, 4.69) is 16.4 Å². The Balaban J connectivity index is 1.87. The second-order valence-corrected chi connectivity index (χ2v) is 5.00. The van der Waals surface area contributed by atoms with Gasteiger partial charge in [-0.05, 0) is 24.1 Å². The normalized spacial score (nSPS) is 10.6. The number of hydrogen-bond acceptors (Lipinski definition) is 3. The van der Waals surface area contributed by atoms with Gasteiger partial charge in [0.1, 0.15) is 5.01 Å². The molecule has 0 amide bonds. The first-order valence-electron chi connectivity index (χ1n) is 5.10. The van der Waals surface area contributed by atoms with Crippen LogP contribution in [0.1, 0.15) is 16.1 Å². The molecule has 0 radical (unpaired) electrons. The van der Waals surface area contributed by atoms with E-state index < -0.39 is 0 Å².